The number of benzene rings is 1. The fourth-order valence-corrected chi connectivity index (χ4v) is 1.93. The molecule has 22 heavy (non-hydrogen) atoms. The summed E-state index contributed by atoms with van der Waals surface area (Å²) in [7, 11) is 1.76. The van der Waals surface area contributed by atoms with Crippen LogP contribution in [0.4, 0.5) is 10.5 Å². The highest BCUT2D eigenvalue weighted by Gasteiger charge is 2.17. The van der Waals surface area contributed by atoms with Gasteiger partial charge in [0.15, 0.2) is 0 Å². The SMILES string of the molecule is CN(Cc1ccccc1)C(=O)Nc1cnc(C(C)(C)C)nc1. The summed E-state index contributed by atoms with van der Waals surface area (Å²) in [5.41, 5.74) is 1.57. The molecular formula is C17H22N4O. The molecule has 1 aromatic heterocycles. The van der Waals surface area contributed by atoms with Gasteiger partial charge in [-0.1, -0.05) is 51.1 Å². The lowest BCUT2D eigenvalue weighted by Crippen LogP contribution is -2.31. The Labute approximate surface area is 131 Å². The minimum absolute atomic E-state index is 0.105. The van der Waals surface area contributed by atoms with Crippen molar-refractivity contribution in [2.75, 3.05) is 12.4 Å². The molecule has 0 atom stereocenters. The van der Waals surface area contributed by atoms with Gasteiger partial charge >= 0.3 is 6.03 Å². The number of nitrogens with one attached hydrogen (secondary N) is 1. The molecule has 0 fully saturated rings. The maximum atomic E-state index is 12.2. The van der Waals surface area contributed by atoms with Gasteiger partial charge in [0.2, 0.25) is 0 Å². The molecule has 0 bridgehead atoms. The Balaban J connectivity index is 1.96. The molecule has 0 aliphatic heterocycles. The van der Waals surface area contributed by atoms with Gasteiger partial charge in [0.25, 0.3) is 0 Å². The number of rotatable bonds is 3. The average Bonchev–Trinajstić information content (AvgIpc) is 2.48. The first kappa shape index (κ1) is 15.9. The predicted molar refractivity (Wildman–Crippen MR) is 87.7 cm³/mol. The molecule has 1 aromatic carbocycles. The highest BCUT2D eigenvalue weighted by atomic mass is 16.2. The molecule has 0 spiro atoms. The van der Waals surface area contributed by atoms with E-state index in [0.717, 1.165) is 11.4 Å². The maximum absolute atomic E-state index is 12.2. The number of carbonyl (C=O) groups is 1. The zero-order valence-electron chi connectivity index (χ0n) is 13.5. The van der Waals surface area contributed by atoms with Crippen LogP contribution in [0.5, 0.6) is 0 Å². The average molecular weight is 298 g/mol. The zero-order valence-corrected chi connectivity index (χ0v) is 13.5. The predicted octanol–water partition coefficient (Wildman–Crippen LogP) is 3.44. The van der Waals surface area contributed by atoms with Gasteiger partial charge in [0.05, 0.1) is 18.1 Å². The van der Waals surface area contributed by atoms with E-state index in [4.69, 9.17) is 0 Å². The van der Waals surface area contributed by atoms with Crippen molar-refractivity contribution >= 4 is 11.7 Å². The molecule has 2 rings (SSSR count). The standard InChI is InChI=1S/C17H22N4O/c1-17(2,3)15-18-10-14(11-19-15)20-16(22)21(4)12-13-8-6-5-7-9-13/h5-11H,12H2,1-4H3,(H,20,22). The van der Waals surface area contributed by atoms with Crippen molar-refractivity contribution in [3.05, 3.63) is 54.1 Å². The summed E-state index contributed by atoms with van der Waals surface area (Å²) < 4.78 is 0. The lowest BCUT2D eigenvalue weighted by atomic mass is 9.96. The molecule has 0 unspecified atom stereocenters. The first-order valence-electron chi connectivity index (χ1n) is 7.25. The molecule has 116 valence electrons. The van der Waals surface area contributed by atoms with Crippen LogP contribution in [-0.2, 0) is 12.0 Å². The topological polar surface area (TPSA) is 58.1 Å². The van der Waals surface area contributed by atoms with Crippen LogP contribution < -0.4 is 5.32 Å². The van der Waals surface area contributed by atoms with Gasteiger partial charge in [-0.05, 0) is 5.56 Å². The molecule has 5 nitrogen and oxygen atoms in total. The summed E-state index contributed by atoms with van der Waals surface area (Å²) in [5.74, 6) is 0.753. The highest BCUT2D eigenvalue weighted by molar-refractivity contribution is 5.88. The van der Waals surface area contributed by atoms with E-state index in [2.05, 4.69) is 15.3 Å². The van der Waals surface area contributed by atoms with Crippen molar-refractivity contribution in [1.82, 2.24) is 14.9 Å². The minimum atomic E-state index is -0.184. The third-order valence-electron chi connectivity index (χ3n) is 3.18. The van der Waals surface area contributed by atoms with Crippen LogP contribution in [-0.4, -0.2) is 27.9 Å². The Kier molecular flexibility index (Phi) is 4.75. The van der Waals surface area contributed by atoms with Crippen LogP contribution in [0.15, 0.2) is 42.7 Å². The third kappa shape index (κ3) is 4.28. The normalized spacial score (nSPS) is 11.1. The molecule has 2 amide bonds. The summed E-state index contributed by atoms with van der Waals surface area (Å²) in [6.45, 7) is 6.70. The maximum Gasteiger partial charge on any atom is 0.321 e. The van der Waals surface area contributed by atoms with E-state index in [1.54, 1.807) is 24.3 Å². The fourth-order valence-electron chi connectivity index (χ4n) is 1.93. The zero-order chi connectivity index (χ0) is 16.2. The van der Waals surface area contributed by atoms with E-state index in [0.29, 0.717) is 12.2 Å². The molecule has 0 aliphatic carbocycles. The van der Waals surface area contributed by atoms with E-state index in [-0.39, 0.29) is 11.4 Å². The number of urea groups is 1. The van der Waals surface area contributed by atoms with E-state index in [9.17, 15) is 4.79 Å². The highest BCUT2D eigenvalue weighted by Crippen LogP contribution is 2.18. The van der Waals surface area contributed by atoms with Crippen molar-refractivity contribution in [2.24, 2.45) is 0 Å². The molecule has 0 radical (unpaired) electrons. The summed E-state index contributed by atoms with van der Waals surface area (Å²) in [5, 5.41) is 2.80. The first-order chi connectivity index (χ1) is 10.4. The van der Waals surface area contributed by atoms with Gasteiger partial charge in [-0.2, -0.15) is 0 Å². The van der Waals surface area contributed by atoms with E-state index in [1.165, 1.54) is 0 Å². The molecule has 1 N–H and O–H groups in total. The Morgan fingerprint density at radius 3 is 2.27 bits per heavy atom. The minimum Gasteiger partial charge on any atom is -0.323 e. The van der Waals surface area contributed by atoms with Crippen LogP contribution in [0.3, 0.4) is 0 Å². The first-order valence-corrected chi connectivity index (χ1v) is 7.25. The molecular weight excluding hydrogens is 276 g/mol. The number of hydrogen-bond donors (Lipinski definition) is 1. The Morgan fingerprint density at radius 1 is 1.14 bits per heavy atom. The second kappa shape index (κ2) is 6.56. The quantitative estimate of drug-likeness (QED) is 0.944. The summed E-state index contributed by atoms with van der Waals surface area (Å²) >= 11 is 0. The number of aromatic nitrogens is 2. The summed E-state index contributed by atoms with van der Waals surface area (Å²) in [6.07, 6.45) is 3.28. The van der Waals surface area contributed by atoms with Crippen molar-refractivity contribution < 1.29 is 4.79 Å². The molecule has 0 saturated heterocycles. The van der Waals surface area contributed by atoms with Crippen LogP contribution in [0.25, 0.3) is 0 Å². The van der Waals surface area contributed by atoms with Gasteiger partial charge < -0.3 is 10.2 Å². The molecule has 2 aromatic rings. The number of anilines is 1. The van der Waals surface area contributed by atoms with Gasteiger partial charge in [-0.3, -0.25) is 0 Å². The Morgan fingerprint density at radius 2 is 1.73 bits per heavy atom. The second-order valence-electron chi connectivity index (χ2n) is 6.32. The van der Waals surface area contributed by atoms with E-state index in [1.807, 2.05) is 51.1 Å². The number of amides is 2. The van der Waals surface area contributed by atoms with E-state index >= 15 is 0 Å². The van der Waals surface area contributed by atoms with Crippen LogP contribution in [0, 0.1) is 0 Å². The largest absolute Gasteiger partial charge is 0.323 e. The summed E-state index contributed by atoms with van der Waals surface area (Å²) in [4.78, 5) is 22.4. The molecule has 1 heterocycles. The molecule has 5 heteroatoms. The van der Waals surface area contributed by atoms with Gasteiger partial charge in [0, 0.05) is 19.0 Å². The van der Waals surface area contributed by atoms with Crippen molar-refractivity contribution in [3.8, 4) is 0 Å². The van der Waals surface area contributed by atoms with Crippen LogP contribution in [0.2, 0.25) is 0 Å². The Hall–Kier alpha value is -2.43. The number of nitrogens with zero attached hydrogens (tertiary/aromatic N) is 3. The van der Waals surface area contributed by atoms with Gasteiger partial charge in [-0.25, -0.2) is 14.8 Å². The van der Waals surface area contributed by atoms with Crippen molar-refractivity contribution in [2.45, 2.75) is 32.7 Å². The van der Waals surface area contributed by atoms with Gasteiger partial charge in [0.1, 0.15) is 5.82 Å². The lowest BCUT2D eigenvalue weighted by molar-refractivity contribution is 0.220. The number of carbonyl (C=O) groups excluding carboxylic acids is 1. The van der Waals surface area contributed by atoms with Crippen molar-refractivity contribution in [1.29, 1.82) is 0 Å². The second-order valence-corrected chi connectivity index (χ2v) is 6.32. The monoisotopic (exact) mass is 298 g/mol. The summed E-state index contributed by atoms with van der Waals surface area (Å²) in [6, 6.07) is 9.67. The smallest absolute Gasteiger partial charge is 0.321 e. The third-order valence-corrected chi connectivity index (χ3v) is 3.18. The lowest BCUT2D eigenvalue weighted by Gasteiger charge is -2.19. The number of hydrogen-bond acceptors (Lipinski definition) is 3. The van der Waals surface area contributed by atoms with E-state index < -0.39 is 0 Å². The van der Waals surface area contributed by atoms with Crippen LogP contribution in [0.1, 0.15) is 32.2 Å². The fraction of sp³-hybridized carbons (Fsp3) is 0.353. The van der Waals surface area contributed by atoms with Gasteiger partial charge in [-0.15, -0.1) is 0 Å². The molecule has 0 aliphatic rings. The van der Waals surface area contributed by atoms with Crippen molar-refractivity contribution in [3.63, 3.8) is 0 Å². The Bertz CT molecular complexity index is 617. The van der Waals surface area contributed by atoms with Crippen LogP contribution >= 0.6 is 0 Å². The molecule has 0 saturated carbocycles.